The Morgan fingerprint density at radius 1 is 1.15 bits per heavy atom. The lowest BCUT2D eigenvalue weighted by Gasteiger charge is -1.99. The van der Waals surface area contributed by atoms with Crippen LogP contribution in [0.2, 0.25) is 0 Å². The molecule has 1 heterocycles. The highest BCUT2D eigenvalue weighted by Gasteiger charge is 2.16. The van der Waals surface area contributed by atoms with Crippen LogP contribution in [0.3, 0.4) is 0 Å². The molecule has 3 rings (SSSR count). The number of aromatic nitrogens is 2. The average Bonchev–Trinajstić information content (AvgIpc) is 2.97. The van der Waals surface area contributed by atoms with Gasteiger partial charge in [0.1, 0.15) is 0 Å². The maximum absolute atomic E-state index is 11.5. The molecule has 0 N–H and O–H groups in total. The van der Waals surface area contributed by atoms with E-state index in [1.807, 2.05) is 42.5 Å². The zero-order chi connectivity index (χ0) is 13.9. The SMILES string of the molecule is CCOC(=O)c1nnc(-c2ccc3ccccc3c2)o1. The Kier molecular flexibility index (Phi) is 3.16. The second kappa shape index (κ2) is 5.13. The van der Waals surface area contributed by atoms with Gasteiger partial charge in [-0.1, -0.05) is 30.3 Å². The van der Waals surface area contributed by atoms with E-state index in [2.05, 4.69) is 10.2 Å². The summed E-state index contributed by atoms with van der Waals surface area (Å²) in [5.74, 6) is -0.430. The smallest absolute Gasteiger partial charge is 0.396 e. The molecular formula is C15H12N2O3. The predicted octanol–water partition coefficient (Wildman–Crippen LogP) is 3.07. The molecule has 0 fully saturated rings. The normalized spacial score (nSPS) is 10.7. The number of benzene rings is 2. The van der Waals surface area contributed by atoms with Crippen molar-refractivity contribution in [3.63, 3.8) is 0 Å². The fourth-order valence-corrected chi connectivity index (χ4v) is 1.94. The van der Waals surface area contributed by atoms with Crippen molar-refractivity contribution in [3.05, 3.63) is 48.4 Å². The third-order valence-corrected chi connectivity index (χ3v) is 2.87. The van der Waals surface area contributed by atoms with Gasteiger partial charge in [-0.15, -0.1) is 10.2 Å². The zero-order valence-corrected chi connectivity index (χ0v) is 10.9. The topological polar surface area (TPSA) is 65.2 Å². The van der Waals surface area contributed by atoms with Crippen LogP contribution in [-0.4, -0.2) is 22.8 Å². The lowest BCUT2D eigenvalue weighted by molar-refractivity contribution is 0.0481. The van der Waals surface area contributed by atoms with Crippen LogP contribution in [0.4, 0.5) is 0 Å². The van der Waals surface area contributed by atoms with Gasteiger partial charge in [-0.05, 0) is 29.8 Å². The van der Waals surface area contributed by atoms with Crippen LogP contribution in [0.25, 0.3) is 22.2 Å². The van der Waals surface area contributed by atoms with Crippen molar-refractivity contribution in [1.29, 1.82) is 0 Å². The Morgan fingerprint density at radius 3 is 2.75 bits per heavy atom. The number of carbonyl (C=O) groups is 1. The molecule has 0 amide bonds. The lowest BCUT2D eigenvalue weighted by Crippen LogP contribution is -2.04. The van der Waals surface area contributed by atoms with E-state index < -0.39 is 5.97 Å². The van der Waals surface area contributed by atoms with Gasteiger partial charge in [0.05, 0.1) is 6.61 Å². The molecule has 3 aromatic rings. The summed E-state index contributed by atoms with van der Waals surface area (Å²) in [4.78, 5) is 11.5. The van der Waals surface area contributed by atoms with Crippen LogP contribution >= 0.6 is 0 Å². The molecule has 0 aliphatic carbocycles. The summed E-state index contributed by atoms with van der Waals surface area (Å²) in [7, 11) is 0. The van der Waals surface area contributed by atoms with Crippen molar-refractivity contribution >= 4 is 16.7 Å². The van der Waals surface area contributed by atoms with E-state index >= 15 is 0 Å². The first-order chi connectivity index (χ1) is 9.78. The van der Waals surface area contributed by atoms with E-state index in [1.165, 1.54) is 0 Å². The van der Waals surface area contributed by atoms with Crippen LogP contribution in [0, 0.1) is 0 Å². The Labute approximate surface area is 115 Å². The van der Waals surface area contributed by atoms with Gasteiger partial charge in [-0.3, -0.25) is 0 Å². The van der Waals surface area contributed by atoms with Crippen LogP contribution in [0.5, 0.6) is 0 Å². The van der Waals surface area contributed by atoms with Crippen LogP contribution < -0.4 is 0 Å². The van der Waals surface area contributed by atoms with E-state index in [9.17, 15) is 4.79 Å². The second-order valence-corrected chi connectivity index (χ2v) is 4.19. The number of hydrogen-bond donors (Lipinski definition) is 0. The van der Waals surface area contributed by atoms with Gasteiger partial charge in [-0.2, -0.15) is 0 Å². The molecule has 1 aromatic heterocycles. The van der Waals surface area contributed by atoms with Crippen molar-refractivity contribution in [3.8, 4) is 11.5 Å². The zero-order valence-electron chi connectivity index (χ0n) is 10.9. The van der Waals surface area contributed by atoms with Gasteiger partial charge in [0.2, 0.25) is 5.89 Å². The second-order valence-electron chi connectivity index (χ2n) is 4.19. The van der Waals surface area contributed by atoms with Gasteiger partial charge in [0.15, 0.2) is 0 Å². The Bertz CT molecular complexity index is 764. The maximum Gasteiger partial charge on any atom is 0.396 e. The van der Waals surface area contributed by atoms with Crippen molar-refractivity contribution in [1.82, 2.24) is 10.2 Å². The monoisotopic (exact) mass is 268 g/mol. The minimum Gasteiger partial charge on any atom is -0.459 e. The van der Waals surface area contributed by atoms with E-state index in [1.54, 1.807) is 6.92 Å². The first kappa shape index (κ1) is 12.3. The molecule has 20 heavy (non-hydrogen) atoms. The minimum atomic E-state index is -0.605. The van der Waals surface area contributed by atoms with Crippen molar-refractivity contribution < 1.29 is 13.9 Å². The molecule has 5 nitrogen and oxygen atoms in total. The van der Waals surface area contributed by atoms with Gasteiger partial charge in [-0.25, -0.2) is 4.79 Å². The van der Waals surface area contributed by atoms with Crippen LogP contribution in [0.1, 0.15) is 17.6 Å². The number of carbonyl (C=O) groups excluding carboxylic acids is 1. The number of esters is 1. The molecule has 0 atom stereocenters. The van der Waals surface area contributed by atoms with Crippen LogP contribution in [-0.2, 0) is 4.74 Å². The molecule has 0 aliphatic rings. The fourth-order valence-electron chi connectivity index (χ4n) is 1.94. The molecular weight excluding hydrogens is 256 g/mol. The van der Waals surface area contributed by atoms with E-state index in [4.69, 9.17) is 9.15 Å². The number of fused-ring (bicyclic) bond motifs is 1. The maximum atomic E-state index is 11.5. The summed E-state index contributed by atoms with van der Waals surface area (Å²) >= 11 is 0. The molecule has 0 radical (unpaired) electrons. The average molecular weight is 268 g/mol. The third kappa shape index (κ3) is 2.25. The number of nitrogens with zero attached hydrogens (tertiary/aromatic N) is 2. The first-order valence-corrected chi connectivity index (χ1v) is 6.27. The van der Waals surface area contributed by atoms with E-state index in [0.717, 1.165) is 16.3 Å². The highest BCUT2D eigenvalue weighted by atomic mass is 16.5. The number of ether oxygens (including phenoxy) is 1. The molecule has 100 valence electrons. The Morgan fingerprint density at radius 2 is 1.95 bits per heavy atom. The van der Waals surface area contributed by atoms with Crippen molar-refractivity contribution in [2.45, 2.75) is 6.92 Å². The predicted molar refractivity (Wildman–Crippen MR) is 73.2 cm³/mol. The van der Waals surface area contributed by atoms with Gasteiger partial charge in [0.25, 0.3) is 0 Å². The summed E-state index contributed by atoms with van der Waals surface area (Å²) in [6.45, 7) is 1.99. The molecule has 0 bridgehead atoms. The Balaban J connectivity index is 1.96. The Hall–Kier alpha value is -2.69. The molecule has 0 unspecified atom stereocenters. The van der Waals surface area contributed by atoms with Crippen LogP contribution in [0.15, 0.2) is 46.9 Å². The van der Waals surface area contributed by atoms with Gasteiger partial charge in [0, 0.05) is 5.56 Å². The van der Waals surface area contributed by atoms with Gasteiger partial charge < -0.3 is 9.15 Å². The highest BCUT2D eigenvalue weighted by molar-refractivity contribution is 5.87. The summed E-state index contributed by atoms with van der Waals surface area (Å²) in [6, 6.07) is 13.8. The molecule has 2 aromatic carbocycles. The fraction of sp³-hybridized carbons (Fsp3) is 0.133. The van der Waals surface area contributed by atoms with E-state index in [0.29, 0.717) is 5.89 Å². The quantitative estimate of drug-likeness (QED) is 0.683. The molecule has 0 aliphatic heterocycles. The molecule has 0 saturated heterocycles. The van der Waals surface area contributed by atoms with Gasteiger partial charge >= 0.3 is 11.9 Å². The number of rotatable bonds is 3. The summed E-state index contributed by atoms with van der Waals surface area (Å²) in [6.07, 6.45) is 0. The minimum absolute atomic E-state index is 0.130. The van der Waals surface area contributed by atoms with Crippen molar-refractivity contribution in [2.24, 2.45) is 0 Å². The van der Waals surface area contributed by atoms with E-state index in [-0.39, 0.29) is 12.5 Å². The summed E-state index contributed by atoms with van der Waals surface area (Å²) in [5.41, 5.74) is 0.770. The molecule has 0 spiro atoms. The highest BCUT2D eigenvalue weighted by Crippen LogP contribution is 2.23. The molecule has 5 heteroatoms. The lowest BCUT2D eigenvalue weighted by atomic mass is 10.1. The summed E-state index contributed by atoms with van der Waals surface area (Å²) in [5, 5.41) is 9.78. The number of hydrogen-bond acceptors (Lipinski definition) is 5. The standard InChI is InChI=1S/C15H12N2O3/c1-2-19-15(18)14-17-16-13(20-14)12-8-7-10-5-3-4-6-11(10)9-12/h3-9H,2H2,1H3. The summed E-state index contributed by atoms with van der Waals surface area (Å²) < 4.78 is 10.1. The molecule has 0 saturated carbocycles. The first-order valence-electron chi connectivity index (χ1n) is 6.27. The third-order valence-electron chi connectivity index (χ3n) is 2.87. The van der Waals surface area contributed by atoms with Crippen molar-refractivity contribution in [2.75, 3.05) is 6.61 Å². The largest absolute Gasteiger partial charge is 0.459 e.